The largest absolute Gasteiger partial charge is 0.359 e. The van der Waals surface area contributed by atoms with Gasteiger partial charge in [-0.1, -0.05) is 36.2 Å². The lowest BCUT2D eigenvalue weighted by Crippen LogP contribution is -2.30. The summed E-state index contributed by atoms with van der Waals surface area (Å²) in [5, 5.41) is 8.11. The lowest BCUT2D eigenvalue weighted by molar-refractivity contribution is 0.478. The van der Waals surface area contributed by atoms with Crippen molar-refractivity contribution in [3.8, 4) is 0 Å². The molecule has 0 saturated heterocycles. The van der Waals surface area contributed by atoms with E-state index in [1.165, 1.54) is 0 Å². The minimum Gasteiger partial charge on any atom is -0.359 e. The Kier molecular flexibility index (Phi) is 5.84. The Labute approximate surface area is 158 Å². The Morgan fingerprint density at radius 1 is 1.20 bits per heavy atom. The molecule has 4 nitrogen and oxygen atoms in total. The number of anilines is 2. The summed E-state index contributed by atoms with van der Waals surface area (Å²) in [5.41, 5.74) is 3.58. The highest BCUT2D eigenvalue weighted by atomic mass is 35.5. The first-order valence-electron chi connectivity index (χ1n) is 8.46. The molecule has 6 heteroatoms. The molecule has 0 saturated carbocycles. The number of rotatable bonds is 5. The predicted octanol–water partition coefficient (Wildman–Crippen LogP) is 5.06. The van der Waals surface area contributed by atoms with Crippen LogP contribution in [0.5, 0.6) is 0 Å². The smallest absolute Gasteiger partial charge is 0.138 e. The Bertz CT molecular complexity index is 789. The van der Waals surface area contributed by atoms with Crippen molar-refractivity contribution in [2.24, 2.45) is 4.99 Å². The third-order valence-electron chi connectivity index (χ3n) is 4.16. The molecule has 0 atom stereocenters. The van der Waals surface area contributed by atoms with Crippen LogP contribution in [0.15, 0.2) is 41.4 Å². The second-order valence-electron chi connectivity index (χ2n) is 6.01. The number of para-hydroxylation sites is 1. The van der Waals surface area contributed by atoms with E-state index in [-0.39, 0.29) is 0 Å². The monoisotopic (exact) mass is 376 g/mol. The molecule has 132 valence electrons. The van der Waals surface area contributed by atoms with Gasteiger partial charge in [0.05, 0.1) is 22.1 Å². The molecule has 0 aliphatic carbocycles. The van der Waals surface area contributed by atoms with Gasteiger partial charge in [0, 0.05) is 24.2 Å². The number of fused-ring (bicyclic) bond motifs is 2. The van der Waals surface area contributed by atoms with Crippen molar-refractivity contribution >= 4 is 46.1 Å². The second kappa shape index (κ2) is 8.09. The highest BCUT2D eigenvalue weighted by Gasteiger charge is 2.21. The number of aliphatic imine (C=N–C) groups is 1. The molecular formula is C19H22Cl2N4. The summed E-state index contributed by atoms with van der Waals surface area (Å²) in [4.78, 5) is 7.07. The van der Waals surface area contributed by atoms with E-state index in [1.54, 1.807) is 0 Å². The van der Waals surface area contributed by atoms with Crippen LogP contribution >= 0.6 is 23.2 Å². The van der Waals surface area contributed by atoms with Gasteiger partial charge in [0.2, 0.25) is 0 Å². The molecule has 2 aromatic rings. The normalized spacial score (nSPS) is 12.6. The van der Waals surface area contributed by atoms with Gasteiger partial charge < -0.3 is 15.5 Å². The van der Waals surface area contributed by atoms with E-state index in [0.29, 0.717) is 10.0 Å². The maximum atomic E-state index is 6.46. The van der Waals surface area contributed by atoms with Crippen LogP contribution in [0.4, 0.5) is 17.1 Å². The Balaban J connectivity index is 2.00. The van der Waals surface area contributed by atoms with Gasteiger partial charge in [-0.25, -0.2) is 4.99 Å². The van der Waals surface area contributed by atoms with Gasteiger partial charge in [0.15, 0.2) is 0 Å². The van der Waals surface area contributed by atoms with E-state index in [1.807, 2.05) is 36.4 Å². The zero-order valence-corrected chi connectivity index (χ0v) is 16.0. The highest BCUT2D eigenvalue weighted by molar-refractivity contribution is 6.34. The van der Waals surface area contributed by atoms with Crippen LogP contribution in [0.2, 0.25) is 10.0 Å². The summed E-state index contributed by atoms with van der Waals surface area (Å²) in [5.74, 6) is 0.891. The molecular weight excluding hydrogens is 355 g/mol. The van der Waals surface area contributed by atoms with Crippen molar-refractivity contribution in [2.75, 3.05) is 32.0 Å². The molecule has 2 N–H and O–H groups in total. The van der Waals surface area contributed by atoms with Crippen molar-refractivity contribution in [1.82, 2.24) is 10.2 Å². The third-order valence-corrected chi connectivity index (χ3v) is 4.71. The van der Waals surface area contributed by atoms with Crippen LogP contribution in [0.25, 0.3) is 0 Å². The molecule has 0 spiro atoms. The predicted molar refractivity (Wildman–Crippen MR) is 108 cm³/mol. The SMILES string of the molecule is CCNCCCN(C)C1=Nc2cc(Cl)ccc2Nc2c(Cl)cccc21. The molecule has 1 aliphatic heterocycles. The van der Waals surface area contributed by atoms with Crippen molar-refractivity contribution in [3.63, 3.8) is 0 Å². The molecule has 0 fully saturated rings. The molecule has 0 radical (unpaired) electrons. The number of hydrogen-bond acceptors (Lipinski definition) is 4. The fourth-order valence-electron chi connectivity index (χ4n) is 2.86. The van der Waals surface area contributed by atoms with Crippen molar-refractivity contribution in [2.45, 2.75) is 13.3 Å². The second-order valence-corrected chi connectivity index (χ2v) is 6.86. The van der Waals surface area contributed by atoms with E-state index >= 15 is 0 Å². The summed E-state index contributed by atoms with van der Waals surface area (Å²) < 4.78 is 0. The van der Waals surface area contributed by atoms with Gasteiger partial charge in [-0.15, -0.1) is 0 Å². The molecule has 25 heavy (non-hydrogen) atoms. The molecule has 0 aromatic heterocycles. The number of halogens is 2. The fourth-order valence-corrected chi connectivity index (χ4v) is 3.25. The average Bonchev–Trinajstić information content (AvgIpc) is 2.76. The zero-order valence-electron chi connectivity index (χ0n) is 14.4. The van der Waals surface area contributed by atoms with Gasteiger partial charge in [-0.2, -0.15) is 0 Å². The fraction of sp³-hybridized carbons (Fsp3) is 0.316. The third kappa shape index (κ3) is 4.09. The Morgan fingerprint density at radius 3 is 2.84 bits per heavy atom. The Morgan fingerprint density at radius 2 is 2.04 bits per heavy atom. The first-order valence-corrected chi connectivity index (χ1v) is 9.21. The summed E-state index contributed by atoms with van der Waals surface area (Å²) >= 11 is 12.6. The lowest BCUT2D eigenvalue weighted by Gasteiger charge is -2.22. The van der Waals surface area contributed by atoms with Crippen molar-refractivity contribution in [3.05, 3.63) is 52.0 Å². The molecule has 3 rings (SSSR count). The van der Waals surface area contributed by atoms with E-state index in [4.69, 9.17) is 28.2 Å². The van der Waals surface area contributed by atoms with Crippen LogP contribution in [0.1, 0.15) is 18.9 Å². The number of hydrogen-bond donors (Lipinski definition) is 2. The molecule has 0 amide bonds. The summed E-state index contributed by atoms with van der Waals surface area (Å²) in [6.45, 7) is 4.98. The van der Waals surface area contributed by atoms with Gasteiger partial charge in [0.25, 0.3) is 0 Å². The first kappa shape index (κ1) is 18.1. The summed E-state index contributed by atoms with van der Waals surface area (Å²) in [6.07, 6.45) is 1.04. The van der Waals surface area contributed by atoms with Gasteiger partial charge in [0.1, 0.15) is 5.84 Å². The van der Waals surface area contributed by atoms with Crippen LogP contribution in [0.3, 0.4) is 0 Å². The average molecular weight is 377 g/mol. The van der Waals surface area contributed by atoms with Crippen molar-refractivity contribution in [1.29, 1.82) is 0 Å². The van der Waals surface area contributed by atoms with E-state index in [9.17, 15) is 0 Å². The molecule has 0 bridgehead atoms. The quantitative estimate of drug-likeness (QED) is 0.716. The van der Waals surface area contributed by atoms with Gasteiger partial charge >= 0.3 is 0 Å². The molecule has 1 aliphatic rings. The number of nitrogens with one attached hydrogen (secondary N) is 2. The molecule has 2 aromatic carbocycles. The molecule has 1 heterocycles. The standard InChI is InChI=1S/C19H22Cl2N4/c1-3-22-10-5-11-25(2)19-14-6-4-7-15(21)18(14)23-16-9-8-13(20)12-17(16)24-19/h4,6-9,12,22-23H,3,5,10-11H2,1-2H3. The number of nitrogens with zero attached hydrogens (tertiary/aromatic N) is 2. The maximum Gasteiger partial charge on any atom is 0.138 e. The summed E-state index contributed by atoms with van der Waals surface area (Å²) in [7, 11) is 2.06. The number of amidine groups is 1. The van der Waals surface area contributed by atoms with E-state index in [2.05, 4.69) is 29.5 Å². The minimum absolute atomic E-state index is 0.663. The topological polar surface area (TPSA) is 39.7 Å². The van der Waals surface area contributed by atoms with E-state index in [0.717, 1.165) is 54.5 Å². The van der Waals surface area contributed by atoms with Gasteiger partial charge in [-0.05, 0) is 49.8 Å². The Hall–Kier alpha value is -1.75. The maximum absolute atomic E-state index is 6.46. The van der Waals surface area contributed by atoms with Crippen LogP contribution in [-0.4, -0.2) is 37.4 Å². The van der Waals surface area contributed by atoms with Crippen LogP contribution in [0, 0.1) is 0 Å². The summed E-state index contributed by atoms with van der Waals surface area (Å²) in [6, 6.07) is 11.5. The van der Waals surface area contributed by atoms with E-state index < -0.39 is 0 Å². The number of benzene rings is 2. The first-order chi connectivity index (χ1) is 12.1. The zero-order chi connectivity index (χ0) is 17.8. The van der Waals surface area contributed by atoms with Crippen LogP contribution < -0.4 is 10.6 Å². The van der Waals surface area contributed by atoms with Crippen LogP contribution in [-0.2, 0) is 0 Å². The van der Waals surface area contributed by atoms with Crippen molar-refractivity contribution < 1.29 is 0 Å². The van der Waals surface area contributed by atoms with Gasteiger partial charge in [-0.3, -0.25) is 0 Å². The highest BCUT2D eigenvalue weighted by Crippen LogP contribution is 2.39. The molecule has 0 unspecified atom stereocenters. The minimum atomic E-state index is 0.663. The lowest BCUT2D eigenvalue weighted by atomic mass is 10.1.